The summed E-state index contributed by atoms with van der Waals surface area (Å²) in [6.45, 7) is 2.60. The van der Waals surface area contributed by atoms with E-state index < -0.39 is 6.09 Å². The van der Waals surface area contributed by atoms with Gasteiger partial charge in [-0.1, -0.05) is 37.9 Å². The molecule has 1 amide bonds. The van der Waals surface area contributed by atoms with Crippen molar-refractivity contribution in [3.8, 4) is 0 Å². The van der Waals surface area contributed by atoms with E-state index in [1.807, 2.05) is 17.8 Å². The Balaban J connectivity index is 1.31. The monoisotopic (exact) mass is 437 g/mol. The lowest BCUT2D eigenvalue weighted by Gasteiger charge is -2.29. The van der Waals surface area contributed by atoms with Gasteiger partial charge in [0, 0.05) is 31.0 Å². The number of carbonyl (C=O) groups is 1. The number of anilines is 2. The maximum Gasteiger partial charge on any atom is 0.414 e. The van der Waals surface area contributed by atoms with Gasteiger partial charge >= 0.3 is 6.09 Å². The van der Waals surface area contributed by atoms with Gasteiger partial charge in [-0.3, -0.25) is 4.90 Å². The number of halogens is 1. The predicted molar refractivity (Wildman–Crippen MR) is 121 cm³/mol. The molecule has 1 aliphatic carbocycles. The molecule has 2 heterocycles. The summed E-state index contributed by atoms with van der Waals surface area (Å²) < 4.78 is 20.2. The molecule has 3 fully saturated rings. The number of thioether (sulfide) groups is 1. The number of benzene rings is 1. The normalized spacial score (nSPS) is 22.8. The van der Waals surface area contributed by atoms with Crippen LogP contribution in [0.15, 0.2) is 18.2 Å². The van der Waals surface area contributed by atoms with Crippen LogP contribution in [0.5, 0.6) is 0 Å². The fourth-order valence-electron chi connectivity index (χ4n) is 4.34. The van der Waals surface area contributed by atoms with E-state index in [0.717, 1.165) is 36.0 Å². The SMILES string of the molecule is O=C1OC(CNC(=S)CC2CCCC2)CN1c1ccc(N2CCSCC2)c(F)c1. The lowest BCUT2D eigenvalue weighted by atomic mass is 10.0. The number of amides is 1. The Morgan fingerprint density at radius 3 is 2.76 bits per heavy atom. The van der Waals surface area contributed by atoms with E-state index in [9.17, 15) is 9.18 Å². The van der Waals surface area contributed by atoms with E-state index in [-0.39, 0.29) is 11.9 Å². The van der Waals surface area contributed by atoms with Gasteiger partial charge in [0.15, 0.2) is 0 Å². The first-order valence-corrected chi connectivity index (χ1v) is 12.0. The van der Waals surface area contributed by atoms with Gasteiger partial charge in [0.05, 0.1) is 29.5 Å². The molecule has 1 aromatic carbocycles. The average molecular weight is 438 g/mol. The molecule has 2 aliphatic heterocycles. The number of nitrogens with zero attached hydrogens (tertiary/aromatic N) is 2. The van der Waals surface area contributed by atoms with Crippen molar-refractivity contribution in [3.05, 3.63) is 24.0 Å². The molecule has 29 heavy (non-hydrogen) atoms. The molecule has 1 saturated carbocycles. The van der Waals surface area contributed by atoms with Gasteiger partial charge in [-0.25, -0.2) is 9.18 Å². The quantitative estimate of drug-likeness (QED) is 0.673. The largest absolute Gasteiger partial charge is 0.442 e. The Bertz CT molecular complexity index is 751. The second kappa shape index (κ2) is 9.51. The number of nitrogens with one attached hydrogen (secondary N) is 1. The van der Waals surface area contributed by atoms with Gasteiger partial charge < -0.3 is 15.0 Å². The molecule has 1 aromatic rings. The van der Waals surface area contributed by atoms with Crippen LogP contribution < -0.4 is 15.1 Å². The van der Waals surface area contributed by atoms with Crippen LogP contribution in [0.4, 0.5) is 20.6 Å². The standard InChI is InChI=1S/C21H28FN3O2S2/c22-18-12-16(5-6-19(18)24-7-9-29-10-8-24)25-14-17(27-21(25)26)13-23-20(28)11-15-3-1-2-4-15/h5-6,12,15,17H,1-4,7-11,13-14H2,(H,23,28). The fourth-order valence-corrected chi connectivity index (χ4v) is 5.56. The van der Waals surface area contributed by atoms with Crippen LogP contribution in [0.3, 0.4) is 0 Å². The highest BCUT2D eigenvalue weighted by Gasteiger charge is 2.33. The van der Waals surface area contributed by atoms with Crippen LogP contribution in [0.2, 0.25) is 0 Å². The van der Waals surface area contributed by atoms with Crippen LogP contribution in [0.25, 0.3) is 0 Å². The van der Waals surface area contributed by atoms with Crippen molar-refractivity contribution in [1.29, 1.82) is 0 Å². The highest BCUT2D eigenvalue weighted by molar-refractivity contribution is 7.99. The Hall–Kier alpha value is -1.54. The van der Waals surface area contributed by atoms with Gasteiger partial charge in [-0.15, -0.1) is 0 Å². The lowest BCUT2D eigenvalue weighted by molar-refractivity contribution is 0.143. The van der Waals surface area contributed by atoms with Gasteiger partial charge in [-0.05, 0) is 24.1 Å². The highest BCUT2D eigenvalue weighted by Crippen LogP contribution is 2.30. The third-order valence-corrected chi connectivity index (χ3v) is 7.20. The smallest absolute Gasteiger partial charge is 0.414 e. The van der Waals surface area contributed by atoms with Crippen LogP contribution in [0.1, 0.15) is 32.1 Å². The predicted octanol–water partition coefficient (Wildman–Crippen LogP) is 4.20. The van der Waals surface area contributed by atoms with Crippen molar-refractivity contribution in [1.82, 2.24) is 5.32 Å². The Morgan fingerprint density at radius 2 is 2.03 bits per heavy atom. The zero-order chi connectivity index (χ0) is 20.2. The lowest BCUT2D eigenvalue weighted by Crippen LogP contribution is -2.34. The zero-order valence-electron chi connectivity index (χ0n) is 16.6. The highest BCUT2D eigenvalue weighted by atomic mass is 32.2. The van der Waals surface area contributed by atoms with Gasteiger partial charge in [0.1, 0.15) is 11.9 Å². The molecule has 4 rings (SSSR count). The summed E-state index contributed by atoms with van der Waals surface area (Å²) in [7, 11) is 0. The van der Waals surface area contributed by atoms with Crippen molar-refractivity contribution in [3.63, 3.8) is 0 Å². The summed E-state index contributed by atoms with van der Waals surface area (Å²) in [6, 6.07) is 5.02. The average Bonchev–Trinajstić information content (AvgIpc) is 3.36. The van der Waals surface area contributed by atoms with E-state index in [1.54, 1.807) is 6.07 Å². The Kier molecular flexibility index (Phi) is 6.80. The third kappa shape index (κ3) is 5.15. The van der Waals surface area contributed by atoms with E-state index in [1.165, 1.54) is 36.6 Å². The Labute approximate surface area is 181 Å². The molecule has 1 unspecified atom stereocenters. The fraction of sp³-hybridized carbons (Fsp3) is 0.619. The minimum atomic E-state index is -0.431. The van der Waals surface area contributed by atoms with Crippen molar-refractivity contribution in [2.24, 2.45) is 5.92 Å². The number of cyclic esters (lactones) is 1. The summed E-state index contributed by atoms with van der Waals surface area (Å²) in [5.41, 5.74) is 1.15. The molecule has 0 bridgehead atoms. The van der Waals surface area contributed by atoms with E-state index in [2.05, 4.69) is 10.2 Å². The van der Waals surface area contributed by atoms with Crippen molar-refractivity contribution in [2.45, 2.75) is 38.2 Å². The number of rotatable bonds is 6. The second-order valence-electron chi connectivity index (χ2n) is 8.01. The molecule has 1 N–H and O–H groups in total. The van der Waals surface area contributed by atoms with Crippen LogP contribution >= 0.6 is 24.0 Å². The molecular weight excluding hydrogens is 409 g/mol. The first-order chi connectivity index (χ1) is 14.1. The van der Waals surface area contributed by atoms with Crippen LogP contribution in [-0.4, -0.2) is 54.9 Å². The zero-order valence-corrected chi connectivity index (χ0v) is 18.2. The maximum absolute atomic E-state index is 14.7. The van der Waals surface area contributed by atoms with Crippen molar-refractivity contribution < 1.29 is 13.9 Å². The number of hydrogen-bond donors (Lipinski definition) is 1. The topological polar surface area (TPSA) is 44.8 Å². The maximum atomic E-state index is 14.7. The van der Waals surface area contributed by atoms with Crippen LogP contribution in [-0.2, 0) is 4.74 Å². The molecule has 5 nitrogen and oxygen atoms in total. The van der Waals surface area contributed by atoms with Gasteiger partial charge in [-0.2, -0.15) is 11.8 Å². The third-order valence-electron chi connectivity index (χ3n) is 5.94. The summed E-state index contributed by atoms with van der Waals surface area (Å²) >= 11 is 7.34. The summed E-state index contributed by atoms with van der Waals surface area (Å²) in [5.74, 6) is 2.42. The second-order valence-corrected chi connectivity index (χ2v) is 9.73. The van der Waals surface area contributed by atoms with E-state index in [4.69, 9.17) is 17.0 Å². The number of carbonyl (C=O) groups excluding carboxylic acids is 1. The van der Waals surface area contributed by atoms with E-state index >= 15 is 0 Å². The first kappa shape index (κ1) is 20.7. The number of ether oxygens (including phenoxy) is 1. The molecule has 2 saturated heterocycles. The minimum Gasteiger partial charge on any atom is -0.442 e. The molecule has 158 valence electrons. The number of hydrogen-bond acceptors (Lipinski definition) is 5. The summed E-state index contributed by atoms with van der Waals surface area (Å²) in [5, 5.41) is 3.25. The van der Waals surface area contributed by atoms with Gasteiger partial charge in [0.2, 0.25) is 0 Å². The van der Waals surface area contributed by atoms with Gasteiger partial charge in [0.25, 0.3) is 0 Å². The minimum absolute atomic E-state index is 0.286. The van der Waals surface area contributed by atoms with Crippen LogP contribution in [0, 0.1) is 11.7 Å². The van der Waals surface area contributed by atoms with Crippen molar-refractivity contribution >= 4 is 46.4 Å². The molecule has 8 heteroatoms. The molecule has 3 aliphatic rings. The molecule has 0 aromatic heterocycles. The Morgan fingerprint density at radius 1 is 1.28 bits per heavy atom. The number of thiocarbonyl (C=S) groups is 1. The molecule has 0 spiro atoms. The van der Waals surface area contributed by atoms with Crippen molar-refractivity contribution in [2.75, 3.05) is 47.5 Å². The first-order valence-electron chi connectivity index (χ1n) is 10.5. The molecule has 1 atom stereocenters. The molecule has 0 radical (unpaired) electrons. The van der Waals surface area contributed by atoms with E-state index in [0.29, 0.717) is 30.4 Å². The summed E-state index contributed by atoms with van der Waals surface area (Å²) in [4.78, 5) is 16.7. The molecular formula is C21H28FN3O2S2. The summed E-state index contributed by atoms with van der Waals surface area (Å²) in [6.07, 6.45) is 5.31.